The average molecular weight is 626 g/mol. The van der Waals surface area contributed by atoms with E-state index in [0.29, 0.717) is 23.2 Å². The van der Waals surface area contributed by atoms with Gasteiger partial charge in [0.2, 0.25) is 0 Å². The number of rotatable bonds is 4. The highest BCUT2D eigenvalue weighted by molar-refractivity contribution is 6.21. The summed E-state index contributed by atoms with van der Waals surface area (Å²) in [6.07, 6.45) is 1.93. The molecule has 0 saturated carbocycles. The van der Waals surface area contributed by atoms with Gasteiger partial charge >= 0.3 is 0 Å². The first-order valence-electron chi connectivity index (χ1n) is 16.4. The quantitative estimate of drug-likeness (QED) is 0.195. The predicted octanol–water partition coefficient (Wildman–Crippen LogP) is 10.8. The fourth-order valence-corrected chi connectivity index (χ4v) is 7.24. The van der Waals surface area contributed by atoms with Crippen LogP contribution in [0.5, 0.6) is 0 Å². The molecule has 5 nitrogen and oxygen atoms in total. The van der Waals surface area contributed by atoms with Crippen molar-refractivity contribution in [2.24, 2.45) is 0 Å². The van der Waals surface area contributed by atoms with Crippen molar-refractivity contribution in [3.8, 4) is 40.0 Å². The van der Waals surface area contributed by atoms with Crippen LogP contribution in [0.2, 0.25) is 0 Å². The summed E-state index contributed by atoms with van der Waals surface area (Å²) in [5.41, 5.74) is 5.85. The van der Waals surface area contributed by atoms with E-state index in [2.05, 4.69) is 156 Å². The second-order valence-electron chi connectivity index (χ2n) is 12.3. The minimum Gasteiger partial charge on any atom is -0.308 e. The van der Waals surface area contributed by atoms with Crippen LogP contribution in [0, 0.1) is 0 Å². The van der Waals surface area contributed by atoms with E-state index < -0.39 is 0 Å². The summed E-state index contributed by atoms with van der Waals surface area (Å²) in [6, 6.07) is 54.9. The lowest BCUT2D eigenvalue weighted by atomic mass is 10.0. The minimum atomic E-state index is 0.528. The van der Waals surface area contributed by atoms with Gasteiger partial charge in [0.15, 0.2) is 17.5 Å². The van der Waals surface area contributed by atoms with Crippen LogP contribution in [0.3, 0.4) is 0 Å². The van der Waals surface area contributed by atoms with Gasteiger partial charge in [-0.1, -0.05) is 133 Å². The zero-order valence-electron chi connectivity index (χ0n) is 26.3. The highest BCUT2D eigenvalue weighted by Crippen LogP contribution is 2.37. The Balaban J connectivity index is 1.17. The number of aromatic nitrogens is 5. The molecule has 49 heavy (non-hydrogen) atoms. The van der Waals surface area contributed by atoms with Crippen molar-refractivity contribution in [3.63, 3.8) is 0 Å². The third kappa shape index (κ3) is 4.40. The smallest absolute Gasteiger partial charge is 0.182 e. The summed E-state index contributed by atoms with van der Waals surface area (Å²) >= 11 is 0. The molecule has 0 radical (unpaired) electrons. The second-order valence-corrected chi connectivity index (χ2v) is 12.3. The van der Waals surface area contributed by atoms with Crippen molar-refractivity contribution in [2.45, 2.75) is 0 Å². The van der Waals surface area contributed by atoms with Crippen LogP contribution in [-0.2, 0) is 0 Å². The summed E-state index contributed by atoms with van der Waals surface area (Å²) in [6.45, 7) is 0. The average Bonchev–Trinajstić information content (AvgIpc) is 3.52. The molecule has 0 fully saturated rings. The Kier molecular flexibility index (Phi) is 6.11. The number of para-hydroxylation sites is 1. The van der Waals surface area contributed by atoms with Crippen molar-refractivity contribution in [1.29, 1.82) is 0 Å². The molecular formula is C44H27N5. The van der Waals surface area contributed by atoms with Gasteiger partial charge in [-0.3, -0.25) is 4.98 Å². The summed E-state index contributed by atoms with van der Waals surface area (Å²) < 4.78 is 2.30. The van der Waals surface area contributed by atoms with Gasteiger partial charge < -0.3 is 4.57 Å². The maximum absolute atomic E-state index is 5.10. The highest BCUT2D eigenvalue weighted by Gasteiger charge is 2.18. The van der Waals surface area contributed by atoms with Gasteiger partial charge in [-0.2, -0.15) is 0 Å². The third-order valence-electron chi connectivity index (χ3n) is 9.49. The molecule has 0 spiro atoms. The fraction of sp³-hybridized carbons (Fsp3) is 0. The molecule has 5 heteroatoms. The Hall–Kier alpha value is -6.72. The van der Waals surface area contributed by atoms with Crippen molar-refractivity contribution in [1.82, 2.24) is 24.5 Å². The molecule has 0 bridgehead atoms. The van der Waals surface area contributed by atoms with Gasteiger partial charge in [0.05, 0.1) is 22.9 Å². The Morgan fingerprint density at radius 1 is 0.367 bits per heavy atom. The van der Waals surface area contributed by atoms with Crippen LogP contribution >= 0.6 is 0 Å². The Bertz CT molecular complexity index is 2780. The number of pyridine rings is 1. The number of fused-ring (bicyclic) bond motifs is 7. The SMILES string of the molecule is c1ccc2c(-c3nc(-c4ccc(-n5c6ccccc6c6c7ccccc7ccc65)cn4)nc(-c4cccc5ccccc45)n3)cccc2c1. The molecule has 0 aliphatic rings. The molecule has 0 unspecified atom stereocenters. The van der Waals surface area contributed by atoms with Gasteiger partial charge in [0.1, 0.15) is 5.69 Å². The maximum Gasteiger partial charge on any atom is 0.182 e. The second kappa shape index (κ2) is 10.9. The van der Waals surface area contributed by atoms with E-state index >= 15 is 0 Å². The fourth-order valence-electron chi connectivity index (χ4n) is 7.24. The Labute approximate surface area is 281 Å². The topological polar surface area (TPSA) is 56.5 Å². The van der Waals surface area contributed by atoms with E-state index in [9.17, 15) is 0 Å². The molecule has 10 aromatic rings. The number of hydrogen-bond acceptors (Lipinski definition) is 4. The van der Waals surface area contributed by atoms with Crippen molar-refractivity contribution < 1.29 is 0 Å². The largest absolute Gasteiger partial charge is 0.308 e. The van der Waals surface area contributed by atoms with E-state index in [4.69, 9.17) is 19.9 Å². The molecule has 228 valence electrons. The van der Waals surface area contributed by atoms with Gasteiger partial charge in [-0.15, -0.1) is 0 Å². The Morgan fingerprint density at radius 3 is 1.53 bits per heavy atom. The molecule has 0 aliphatic carbocycles. The van der Waals surface area contributed by atoms with Crippen molar-refractivity contribution >= 4 is 54.1 Å². The normalized spacial score (nSPS) is 11.7. The molecule has 3 heterocycles. The summed E-state index contributed by atoms with van der Waals surface area (Å²) in [7, 11) is 0. The van der Waals surface area contributed by atoms with E-state index in [1.165, 1.54) is 21.5 Å². The van der Waals surface area contributed by atoms with Crippen LogP contribution in [-0.4, -0.2) is 24.5 Å². The lowest BCUT2D eigenvalue weighted by Crippen LogP contribution is -2.02. The molecule has 0 atom stereocenters. The van der Waals surface area contributed by atoms with Gasteiger partial charge in [0.25, 0.3) is 0 Å². The van der Waals surface area contributed by atoms with E-state index in [1.807, 2.05) is 12.3 Å². The first-order valence-corrected chi connectivity index (χ1v) is 16.4. The highest BCUT2D eigenvalue weighted by atomic mass is 15.1. The van der Waals surface area contributed by atoms with Crippen LogP contribution in [0.15, 0.2) is 164 Å². The van der Waals surface area contributed by atoms with Gasteiger partial charge in [-0.25, -0.2) is 15.0 Å². The van der Waals surface area contributed by atoms with Crippen LogP contribution in [0.25, 0.3) is 94.1 Å². The molecule has 0 saturated heterocycles. The monoisotopic (exact) mass is 625 g/mol. The summed E-state index contributed by atoms with van der Waals surface area (Å²) in [5.74, 6) is 1.76. The third-order valence-corrected chi connectivity index (χ3v) is 9.49. The summed E-state index contributed by atoms with van der Waals surface area (Å²) in [5, 5.41) is 9.38. The Morgan fingerprint density at radius 2 is 0.898 bits per heavy atom. The van der Waals surface area contributed by atoms with E-state index in [0.717, 1.165) is 49.4 Å². The molecular weight excluding hydrogens is 599 g/mol. The van der Waals surface area contributed by atoms with E-state index in [1.54, 1.807) is 0 Å². The molecule has 3 aromatic heterocycles. The predicted molar refractivity (Wildman–Crippen MR) is 201 cm³/mol. The van der Waals surface area contributed by atoms with Gasteiger partial charge in [0, 0.05) is 21.9 Å². The molecule has 10 rings (SSSR count). The minimum absolute atomic E-state index is 0.528. The van der Waals surface area contributed by atoms with Crippen LogP contribution in [0.1, 0.15) is 0 Å². The number of hydrogen-bond donors (Lipinski definition) is 0. The standard InChI is InChI=1S/C44H27N5/c1-4-16-32-28(11-1)14-9-20-35(32)42-46-43(36-21-10-15-29-12-2-5-17-33(29)36)48-44(47-42)38-25-24-31(27-45-38)49-39-22-8-7-19-37(39)41-34-18-6-3-13-30(34)23-26-40(41)49/h1-27H. The van der Waals surface area contributed by atoms with Crippen LogP contribution < -0.4 is 0 Å². The van der Waals surface area contributed by atoms with Crippen molar-refractivity contribution in [2.75, 3.05) is 0 Å². The van der Waals surface area contributed by atoms with Crippen molar-refractivity contribution in [3.05, 3.63) is 164 Å². The maximum atomic E-state index is 5.10. The zero-order chi connectivity index (χ0) is 32.3. The number of nitrogens with zero attached hydrogens (tertiary/aromatic N) is 5. The van der Waals surface area contributed by atoms with Gasteiger partial charge in [-0.05, 0) is 56.6 Å². The lowest BCUT2D eigenvalue weighted by molar-refractivity contribution is 1.06. The lowest BCUT2D eigenvalue weighted by Gasteiger charge is -2.12. The first kappa shape index (κ1) is 27.4. The zero-order valence-corrected chi connectivity index (χ0v) is 26.3. The molecule has 0 N–H and O–H groups in total. The molecule has 0 aliphatic heterocycles. The molecule has 7 aromatic carbocycles. The first-order chi connectivity index (χ1) is 24.3. The van der Waals surface area contributed by atoms with E-state index in [-0.39, 0.29) is 0 Å². The summed E-state index contributed by atoms with van der Waals surface area (Å²) in [4.78, 5) is 20.2. The van der Waals surface area contributed by atoms with Crippen LogP contribution in [0.4, 0.5) is 0 Å². The number of benzene rings is 7. The molecule has 0 amide bonds.